The van der Waals surface area contributed by atoms with Gasteiger partial charge in [0.2, 0.25) is 0 Å². The largest absolute Gasteiger partial charge is 0.382 e. The Balaban J connectivity index is 2.31. The molecule has 11 heavy (non-hydrogen) atoms. The van der Waals surface area contributed by atoms with Crippen molar-refractivity contribution in [1.82, 2.24) is 0 Å². The first-order valence-corrected chi connectivity index (χ1v) is 4.02. The van der Waals surface area contributed by atoms with E-state index in [0.29, 0.717) is 13.2 Å². The van der Waals surface area contributed by atoms with Crippen LogP contribution in [0, 0.1) is 0 Å². The van der Waals surface area contributed by atoms with Crippen LogP contribution in [0.15, 0.2) is 0 Å². The highest BCUT2D eigenvalue weighted by atomic mass is 32.2. The summed E-state index contributed by atoms with van der Waals surface area (Å²) in [4.78, 5) is 0. The normalized spacial score (nSPS) is 32.2. The Kier molecular flexibility index (Phi) is 4.17. The second-order valence-corrected chi connectivity index (χ2v) is 2.78. The monoisotopic (exact) mass is 180 g/mol. The van der Waals surface area contributed by atoms with Crippen molar-refractivity contribution in [1.29, 1.82) is 0 Å². The number of ether oxygens (including phenoxy) is 2. The summed E-state index contributed by atoms with van der Waals surface area (Å²) in [5.74, 6) is 0. The molecule has 0 radical (unpaired) electrons. The lowest BCUT2D eigenvalue weighted by Crippen LogP contribution is -2.39. The minimum atomic E-state index is -0.0243. The van der Waals surface area contributed by atoms with Gasteiger partial charge in [0.15, 0.2) is 12.3 Å². The van der Waals surface area contributed by atoms with Gasteiger partial charge in [0.05, 0.1) is 13.2 Å². The van der Waals surface area contributed by atoms with E-state index in [-0.39, 0.29) is 12.2 Å². The lowest BCUT2D eigenvalue weighted by Gasteiger charge is -2.27. The van der Waals surface area contributed by atoms with Crippen molar-refractivity contribution in [3.8, 4) is 0 Å². The molecule has 0 aromatic carbocycles. The molecule has 2 atom stereocenters. The number of methoxy groups -OCH3 is 2. The summed E-state index contributed by atoms with van der Waals surface area (Å²) in [6.45, 7) is 1.09. The Labute approximate surface area is 70.6 Å². The van der Waals surface area contributed by atoms with Crippen LogP contribution < -0.4 is 0 Å². The molecule has 4 nitrogen and oxygen atoms in total. The predicted molar refractivity (Wildman–Crippen MR) is 41.1 cm³/mol. The fourth-order valence-corrected chi connectivity index (χ4v) is 1.39. The van der Waals surface area contributed by atoms with E-state index in [0.717, 1.165) is 12.3 Å². The van der Waals surface area contributed by atoms with Crippen LogP contribution in [0.2, 0.25) is 0 Å². The van der Waals surface area contributed by atoms with E-state index < -0.39 is 0 Å². The van der Waals surface area contributed by atoms with Gasteiger partial charge in [-0.3, -0.25) is 8.37 Å². The zero-order valence-corrected chi connectivity index (χ0v) is 7.43. The Morgan fingerprint density at radius 3 is 3.00 bits per heavy atom. The molecule has 0 bridgehead atoms. The summed E-state index contributed by atoms with van der Waals surface area (Å²) < 4.78 is 20.2. The van der Waals surface area contributed by atoms with Crippen LogP contribution in [0.3, 0.4) is 0 Å². The molecule has 1 rings (SSSR count). The molecule has 0 amide bonds. The van der Waals surface area contributed by atoms with Gasteiger partial charge in [-0.1, -0.05) is 0 Å². The maximum Gasteiger partial charge on any atom is 0.159 e. The summed E-state index contributed by atoms with van der Waals surface area (Å²) in [5.41, 5.74) is 0. The van der Waals surface area contributed by atoms with Gasteiger partial charge >= 0.3 is 0 Å². The number of rotatable bonds is 3. The standard InChI is InChI=1S/C6H12O4S/c1-7-3-6-5(8-2)4-9-11-10-6/h5-6H,3-4H2,1-2H3. The molecular formula is C6H12O4S. The molecule has 0 N–H and O–H groups in total. The van der Waals surface area contributed by atoms with E-state index in [1.807, 2.05) is 0 Å². The molecule has 0 aromatic heterocycles. The number of hydrogen-bond acceptors (Lipinski definition) is 5. The van der Waals surface area contributed by atoms with Gasteiger partial charge in [0, 0.05) is 14.2 Å². The van der Waals surface area contributed by atoms with E-state index in [9.17, 15) is 0 Å². The van der Waals surface area contributed by atoms with Crippen LogP contribution in [0.5, 0.6) is 0 Å². The smallest absolute Gasteiger partial charge is 0.159 e. The highest BCUT2D eigenvalue weighted by molar-refractivity contribution is 7.89. The lowest BCUT2D eigenvalue weighted by atomic mass is 10.2. The molecule has 0 saturated carbocycles. The molecule has 0 spiro atoms. The third-order valence-corrected chi connectivity index (χ3v) is 2.05. The van der Waals surface area contributed by atoms with Gasteiger partial charge in [-0.2, -0.15) is 0 Å². The average molecular weight is 180 g/mol. The molecule has 1 fully saturated rings. The maximum absolute atomic E-state index is 5.17. The maximum atomic E-state index is 5.17. The Morgan fingerprint density at radius 1 is 1.55 bits per heavy atom. The zero-order chi connectivity index (χ0) is 8.10. The topological polar surface area (TPSA) is 36.9 Å². The van der Waals surface area contributed by atoms with E-state index >= 15 is 0 Å². The highest BCUT2D eigenvalue weighted by Crippen LogP contribution is 2.21. The highest BCUT2D eigenvalue weighted by Gasteiger charge is 2.27. The minimum absolute atomic E-state index is 0.0174. The molecule has 66 valence electrons. The fraction of sp³-hybridized carbons (Fsp3) is 1.00. The average Bonchev–Trinajstić information content (AvgIpc) is 2.06. The van der Waals surface area contributed by atoms with Gasteiger partial charge in [-0.15, -0.1) is 0 Å². The molecule has 1 aliphatic heterocycles. The first-order chi connectivity index (χ1) is 5.38. The summed E-state index contributed by atoms with van der Waals surface area (Å²) in [6, 6.07) is 0. The van der Waals surface area contributed by atoms with Crippen LogP contribution in [0.1, 0.15) is 0 Å². The Bertz CT molecular complexity index is 109. The molecule has 0 aromatic rings. The third-order valence-electron chi connectivity index (χ3n) is 1.49. The van der Waals surface area contributed by atoms with Crippen molar-refractivity contribution < 1.29 is 17.8 Å². The van der Waals surface area contributed by atoms with Crippen molar-refractivity contribution in [3.05, 3.63) is 0 Å². The minimum Gasteiger partial charge on any atom is -0.382 e. The molecular weight excluding hydrogens is 168 g/mol. The number of hydrogen-bond donors (Lipinski definition) is 0. The van der Waals surface area contributed by atoms with Crippen molar-refractivity contribution in [2.75, 3.05) is 27.4 Å². The molecule has 1 aliphatic rings. The van der Waals surface area contributed by atoms with Gasteiger partial charge < -0.3 is 9.47 Å². The SMILES string of the molecule is COCC1OSOCC1OC. The van der Waals surface area contributed by atoms with Gasteiger partial charge in [0.25, 0.3) is 0 Å². The van der Waals surface area contributed by atoms with Gasteiger partial charge in [-0.05, 0) is 0 Å². The second-order valence-electron chi connectivity index (χ2n) is 2.22. The quantitative estimate of drug-likeness (QED) is 0.595. The van der Waals surface area contributed by atoms with Crippen molar-refractivity contribution in [2.45, 2.75) is 12.2 Å². The summed E-state index contributed by atoms with van der Waals surface area (Å²) in [6.07, 6.45) is -0.0417. The summed E-state index contributed by atoms with van der Waals surface area (Å²) >= 11 is 1.00. The Hall–Kier alpha value is 0.190. The van der Waals surface area contributed by atoms with Crippen LogP contribution in [-0.4, -0.2) is 39.6 Å². The van der Waals surface area contributed by atoms with E-state index in [1.165, 1.54) is 0 Å². The van der Waals surface area contributed by atoms with Crippen LogP contribution in [-0.2, 0) is 17.8 Å². The van der Waals surface area contributed by atoms with Crippen LogP contribution in [0.4, 0.5) is 0 Å². The molecule has 1 heterocycles. The molecule has 2 unspecified atom stereocenters. The summed E-state index contributed by atoms with van der Waals surface area (Å²) in [5, 5.41) is 0. The van der Waals surface area contributed by atoms with Crippen molar-refractivity contribution in [3.63, 3.8) is 0 Å². The van der Waals surface area contributed by atoms with E-state index in [4.69, 9.17) is 17.8 Å². The van der Waals surface area contributed by atoms with E-state index in [2.05, 4.69) is 0 Å². The fourth-order valence-electron chi connectivity index (χ4n) is 0.862. The second kappa shape index (κ2) is 4.95. The first-order valence-electron chi connectivity index (χ1n) is 3.35. The van der Waals surface area contributed by atoms with Crippen LogP contribution in [0.25, 0.3) is 0 Å². The third kappa shape index (κ3) is 2.61. The molecule has 5 heteroatoms. The van der Waals surface area contributed by atoms with Crippen LogP contribution >= 0.6 is 12.3 Å². The first kappa shape index (κ1) is 9.28. The van der Waals surface area contributed by atoms with Gasteiger partial charge in [0.1, 0.15) is 12.2 Å². The Morgan fingerprint density at radius 2 is 2.36 bits per heavy atom. The molecule has 1 saturated heterocycles. The van der Waals surface area contributed by atoms with Gasteiger partial charge in [-0.25, -0.2) is 0 Å². The van der Waals surface area contributed by atoms with Crippen molar-refractivity contribution >= 4 is 12.3 Å². The van der Waals surface area contributed by atoms with Crippen molar-refractivity contribution in [2.24, 2.45) is 0 Å². The lowest BCUT2D eigenvalue weighted by molar-refractivity contribution is -0.0653. The summed E-state index contributed by atoms with van der Waals surface area (Å²) in [7, 11) is 3.27. The zero-order valence-electron chi connectivity index (χ0n) is 6.61. The van der Waals surface area contributed by atoms with E-state index in [1.54, 1.807) is 14.2 Å². The molecule has 0 aliphatic carbocycles. The predicted octanol–water partition coefficient (Wildman–Crippen LogP) is 0.626.